The van der Waals surface area contributed by atoms with Crippen LogP contribution in [-0.4, -0.2) is 8.42 Å². The maximum Gasteiger partial charge on any atom is 0.240 e. The van der Waals surface area contributed by atoms with Crippen LogP contribution in [0.2, 0.25) is 0 Å². The maximum atomic E-state index is 11.5. The van der Waals surface area contributed by atoms with Crippen molar-refractivity contribution in [2.24, 2.45) is 5.14 Å². The summed E-state index contributed by atoms with van der Waals surface area (Å²) < 4.78 is 22.9. The Balaban J connectivity index is 2.27. The Morgan fingerprint density at radius 1 is 1.28 bits per heavy atom. The average Bonchev–Trinajstić information content (AvgIpc) is 2.79. The van der Waals surface area contributed by atoms with E-state index in [1.807, 2.05) is 17.5 Å². The van der Waals surface area contributed by atoms with E-state index in [-0.39, 0.29) is 4.90 Å². The summed E-state index contributed by atoms with van der Waals surface area (Å²) in [6, 6.07) is 8.50. The van der Waals surface area contributed by atoms with E-state index in [4.69, 9.17) is 10.9 Å². The molecule has 2 aromatic rings. The number of thiophene rings is 1. The maximum absolute atomic E-state index is 11.5. The number of anilines is 2. The van der Waals surface area contributed by atoms with Gasteiger partial charge < -0.3 is 11.1 Å². The predicted molar refractivity (Wildman–Crippen MR) is 73.9 cm³/mol. The van der Waals surface area contributed by atoms with Gasteiger partial charge in [0.05, 0.1) is 5.69 Å². The second-order valence-corrected chi connectivity index (χ2v) is 6.30. The molecule has 1 aromatic carbocycles. The number of rotatable bonds is 4. The monoisotopic (exact) mass is 283 g/mol. The SMILES string of the molecule is Nc1ccc(NCc2cccs2)c(S(N)(=O)=O)c1. The van der Waals surface area contributed by atoms with Gasteiger partial charge >= 0.3 is 0 Å². The molecular formula is C11H13N3O2S2. The zero-order chi connectivity index (χ0) is 13.2. The van der Waals surface area contributed by atoms with Gasteiger partial charge in [0.1, 0.15) is 4.90 Å². The number of nitrogen functional groups attached to an aromatic ring is 1. The molecule has 0 aliphatic carbocycles. The quantitative estimate of drug-likeness (QED) is 0.742. The Bertz CT molecular complexity index is 636. The second-order valence-electron chi connectivity index (χ2n) is 3.73. The molecule has 0 radical (unpaired) electrons. The van der Waals surface area contributed by atoms with Gasteiger partial charge in [-0.3, -0.25) is 0 Å². The molecule has 0 spiro atoms. The fourth-order valence-corrected chi connectivity index (χ4v) is 2.91. The molecule has 0 bridgehead atoms. The summed E-state index contributed by atoms with van der Waals surface area (Å²) in [5, 5.41) is 10.2. The molecular weight excluding hydrogens is 270 g/mol. The van der Waals surface area contributed by atoms with Crippen LogP contribution < -0.4 is 16.2 Å². The molecule has 96 valence electrons. The molecule has 1 aromatic heterocycles. The highest BCUT2D eigenvalue weighted by Gasteiger charge is 2.14. The minimum absolute atomic E-state index is 0.0130. The van der Waals surface area contributed by atoms with E-state index in [2.05, 4.69) is 5.32 Å². The lowest BCUT2D eigenvalue weighted by Crippen LogP contribution is -2.15. The smallest absolute Gasteiger partial charge is 0.240 e. The van der Waals surface area contributed by atoms with Crippen molar-refractivity contribution in [1.82, 2.24) is 0 Å². The summed E-state index contributed by atoms with van der Waals surface area (Å²) in [6.45, 7) is 0.546. The Labute approximate surface area is 109 Å². The molecule has 5 N–H and O–H groups in total. The lowest BCUT2D eigenvalue weighted by atomic mass is 10.3. The molecule has 0 saturated heterocycles. The highest BCUT2D eigenvalue weighted by molar-refractivity contribution is 7.89. The van der Waals surface area contributed by atoms with Gasteiger partial charge in [0.2, 0.25) is 10.0 Å². The van der Waals surface area contributed by atoms with Crippen LogP contribution in [-0.2, 0) is 16.6 Å². The molecule has 18 heavy (non-hydrogen) atoms. The number of nitrogens with two attached hydrogens (primary N) is 2. The number of sulfonamides is 1. The van der Waals surface area contributed by atoms with E-state index in [1.54, 1.807) is 23.5 Å². The van der Waals surface area contributed by atoms with E-state index in [9.17, 15) is 8.42 Å². The largest absolute Gasteiger partial charge is 0.399 e. The third kappa shape index (κ3) is 3.00. The van der Waals surface area contributed by atoms with Crippen LogP contribution >= 0.6 is 11.3 Å². The first-order chi connectivity index (χ1) is 8.47. The summed E-state index contributed by atoms with van der Waals surface area (Å²) in [5.74, 6) is 0. The molecule has 0 saturated carbocycles. The lowest BCUT2D eigenvalue weighted by molar-refractivity contribution is 0.598. The van der Waals surface area contributed by atoms with Crippen LogP contribution in [0.4, 0.5) is 11.4 Å². The minimum Gasteiger partial charge on any atom is -0.399 e. The third-order valence-corrected chi connectivity index (χ3v) is 4.17. The van der Waals surface area contributed by atoms with Crippen molar-refractivity contribution < 1.29 is 8.42 Å². The molecule has 0 atom stereocenters. The highest BCUT2D eigenvalue weighted by atomic mass is 32.2. The number of nitrogens with one attached hydrogen (secondary N) is 1. The van der Waals surface area contributed by atoms with Gasteiger partial charge in [-0.2, -0.15) is 0 Å². The van der Waals surface area contributed by atoms with E-state index in [0.717, 1.165) is 4.88 Å². The molecule has 0 fully saturated rings. The van der Waals surface area contributed by atoms with Crippen LogP contribution in [0.1, 0.15) is 4.88 Å². The van der Waals surface area contributed by atoms with Crippen molar-refractivity contribution in [3.8, 4) is 0 Å². The first-order valence-electron chi connectivity index (χ1n) is 5.15. The third-order valence-electron chi connectivity index (χ3n) is 2.35. The van der Waals surface area contributed by atoms with Gasteiger partial charge in [-0.25, -0.2) is 13.6 Å². The van der Waals surface area contributed by atoms with Gasteiger partial charge in [0.25, 0.3) is 0 Å². The van der Waals surface area contributed by atoms with E-state index in [0.29, 0.717) is 17.9 Å². The molecule has 0 aliphatic heterocycles. The zero-order valence-corrected chi connectivity index (χ0v) is 11.1. The summed E-state index contributed by atoms with van der Waals surface area (Å²) in [7, 11) is -3.79. The minimum atomic E-state index is -3.79. The van der Waals surface area contributed by atoms with Gasteiger partial charge in [-0.1, -0.05) is 6.07 Å². The first kappa shape index (κ1) is 12.9. The predicted octanol–water partition coefficient (Wildman–Crippen LogP) is 1.59. The molecule has 0 unspecified atom stereocenters. The van der Waals surface area contributed by atoms with Gasteiger partial charge in [0, 0.05) is 17.1 Å². The van der Waals surface area contributed by atoms with Crippen LogP contribution in [0.3, 0.4) is 0 Å². The van der Waals surface area contributed by atoms with Gasteiger partial charge in [0.15, 0.2) is 0 Å². The van der Waals surface area contributed by atoms with Crippen molar-refractivity contribution in [3.05, 3.63) is 40.6 Å². The van der Waals surface area contributed by atoms with Crippen LogP contribution in [0.15, 0.2) is 40.6 Å². The molecule has 7 heteroatoms. The molecule has 2 rings (SSSR count). The summed E-state index contributed by atoms with van der Waals surface area (Å²) in [4.78, 5) is 1.12. The molecule has 0 aliphatic rings. The van der Waals surface area contributed by atoms with Crippen molar-refractivity contribution in [1.29, 1.82) is 0 Å². The summed E-state index contributed by atoms with van der Waals surface area (Å²) >= 11 is 1.59. The number of primary sulfonamides is 1. The first-order valence-corrected chi connectivity index (χ1v) is 7.58. The Hall–Kier alpha value is -1.57. The fraction of sp³-hybridized carbons (Fsp3) is 0.0909. The van der Waals surface area contributed by atoms with Crippen LogP contribution in [0.25, 0.3) is 0 Å². The second kappa shape index (κ2) is 4.97. The molecule has 1 heterocycles. The summed E-state index contributed by atoms with van der Waals surface area (Å²) in [5.41, 5.74) is 6.39. The Kier molecular flexibility index (Phi) is 3.55. The fourth-order valence-electron chi connectivity index (χ4n) is 1.52. The standard InChI is InChI=1S/C11H13N3O2S2/c12-8-3-4-10(11(6-8)18(13,15)16)14-7-9-2-1-5-17-9/h1-6,14H,7,12H2,(H2,13,15,16). The van der Waals surface area contributed by atoms with E-state index in [1.165, 1.54) is 6.07 Å². The van der Waals surface area contributed by atoms with Crippen LogP contribution in [0.5, 0.6) is 0 Å². The van der Waals surface area contributed by atoms with Gasteiger partial charge in [-0.15, -0.1) is 11.3 Å². The molecule has 0 amide bonds. The Morgan fingerprint density at radius 2 is 2.06 bits per heavy atom. The highest BCUT2D eigenvalue weighted by Crippen LogP contribution is 2.23. The number of hydrogen-bond acceptors (Lipinski definition) is 5. The van der Waals surface area contributed by atoms with Crippen molar-refractivity contribution >= 4 is 32.7 Å². The Morgan fingerprint density at radius 3 is 2.67 bits per heavy atom. The topological polar surface area (TPSA) is 98.2 Å². The number of benzene rings is 1. The lowest BCUT2D eigenvalue weighted by Gasteiger charge is -2.10. The summed E-state index contributed by atoms with van der Waals surface area (Å²) in [6.07, 6.45) is 0. The van der Waals surface area contributed by atoms with E-state index < -0.39 is 10.0 Å². The van der Waals surface area contributed by atoms with Gasteiger partial charge in [-0.05, 0) is 29.6 Å². The normalized spacial score (nSPS) is 11.4. The van der Waals surface area contributed by atoms with Crippen molar-refractivity contribution in [3.63, 3.8) is 0 Å². The molecule has 5 nitrogen and oxygen atoms in total. The van der Waals surface area contributed by atoms with Crippen molar-refractivity contribution in [2.45, 2.75) is 11.4 Å². The van der Waals surface area contributed by atoms with Crippen molar-refractivity contribution in [2.75, 3.05) is 11.1 Å². The number of hydrogen-bond donors (Lipinski definition) is 3. The zero-order valence-electron chi connectivity index (χ0n) is 9.46. The van der Waals surface area contributed by atoms with Crippen LogP contribution in [0, 0.1) is 0 Å². The average molecular weight is 283 g/mol. The van der Waals surface area contributed by atoms with E-state index >= 15 is 0 Å².